The van der Waals surface area contributed by atoms with Gasteiger partial charge in [-0.15, -0.1) is 0 Å². The van der Waals surface area contributed by atoms with Crippen molar-refractivity contribution in [2.24, 2.45) is 0 Å². The zero-order valence-corrected chi connectivity index (χ0v) is 19.2. The lowest BCUT2D eigenvalue weighted by molar-refractivity contribution is -0.387. The van der Waals surface area contributed by atoms with Crippen LogP contribution in [0.1, 0.15) is 5.56 Å². The van der Waals surface area contributed by atoms with E-state index in [1.54, 1.807) is 36.4 Å². The lowest BCUT2D eigenvalue weighted by atomic mass is 10.2. The molecule has 0 saturated heterocycles. The molecule has 33 heavy (non-hydrogen) atoms. The normalized spacial score (nSPS) is 11.5. The van der Waals surface area contributed by atoms with Crippen LogP contribution in [0.2, 0.25) is 0 Å². The number of H-pyrrole nitrogens is 1. The van der Waals surface area contributed by atoms with E-state index in [1.165, 1.54) is 6.07 Å². The molecule has 0 aliphatic rings. The molecule has 4 aromatic rings. The first kappa shape index (κ1) is 22.8. The maximum absolute atomic E-state index is 12.4. The molecule has 9 nitrogen and oxygen atoms in total. The summed E-state index contributed by atoms with van der Waals surface area (Å²) >= 11 is 1.16. The van der Waals surface area contributed by atoms with Crippen LogP contribution in [0.5, 0.6) is 0 Å². The standard InChI is InChI=1S/C22H21N5O4S2/c1-15-6-9-17(10-7-15)33(30,31)24-13-12-23-16-8-11-20(27(28)29)21(14-16)32-22-25-18-4-2-3-5-19(18)26-22/h2-11,14,23-24H,12-13H2,1H3,(H,25,26). The first-order valence-electron chi connectivity index (χ1n) is 10.0. The second kappa shape index (κ2) is 9.61. The number of aryl methyl sites for hydroxylation is 1. The van der Waals surface area contributed by atoms with Crippen LogP contribution < -0.4 is 10.0 Å². The van der Waals surface area contributed by atoms with Crippen LogP contribution in [0.4, 0.5) is 11.4 Å². The van der Waals surface area contributed by atoms with E-state index in [0.29, 0.717) is 22.3 Å². The number of sulfonamides is 1. The molecule has 0 aliphatic carbocycles. The van der Waals surface area contributed by atoms with Crippen LogP contribution in [0, 0.1) is 17.0 Å². The van der Waals surface area contributed by atoms with Gasteiger partial charge in [-0.1, -0.05) is 29.8 Å². The van der Waals surface area contributed by atoms with Crippen molar-refractivity contribution in [3.05, 3.63) is 82.4 Å². The van der Waals surface area contributed by atoms with Gasteiger partial charge in [-0.3, -0.25) is 10.1 Å². The Kier molecular flexibility index (Phi) is 6.63. The molecule has 170 valence electrons. The predicted octanol–water partition coefficient (Wildman–Crippen LogP) is 4.32. The molecule has 1 heterocycles. The summed E-state index contributed by atoms with van der Waals surface area (Å²) in [4.78, 5) is 19.3. The average molecular weight is 484 g/mol. The number of imidazole rings is 1. The number of benzene rings is 3. The molecule has 0 unspecified atom stereocenters. The average Bonchev–Trinajstić information content (AvgIpc) is 3.19. The minimum atomic E-state index is -3.61. The zero-order valence-electron chi connectivity index (χ0n) is 17.6. The van der Waals surface area contributed by atoms with Gasteiger partial charge in [0.1, 0.15) is 0 Å². The number of nitrogens with zero attached hydrogens (tertiary/aromatic N) is 2. The quantitative estimate of drug-likeness (QED) is 0.184. The van der Waals surface area contributed by atoms with Crippen molar-refractivity contribution in [3.63, 3.8) is 0 Å². The Labute approximate surface area is 194 Å². The van der Waals surface area contributed by atoms with Crippen LogP contribution in [0.15, 0.2) is 81.7 Å². The fourth-order valence-electron chi connectivity index (χ4n) is 3.13. The fourth-order valence-corrected chi connectivity index (χ4v) is 5.11. The molecule has 0 amide bonds. The van der Waals surface area contributed by atoms with Crippen molar-refractivity contribution < 1.29 is 13.3 Å². The van der Waals surface area contributed by atoms with E-state index in [4.69, 9.17) is 0 Å². The van der Waals surface area contributed by atoms with Crippen molar-refractivity contribution in [2.75, 3.05) is 18.4 Å². The number of para-hydroxylation sites is 2. The maximum Gasteiger partial charge on any atom is 0.283 e. The SMILES string of the molecule is Cc1ccc(S(=O)(=O)NCCNc2ccc([N+](=O)[O-])c(Sc3nc4ccccc4[nH]3)c2)cc1. The Morgan fingerprint density at radius 1 is 1.06 bits per heavy atom. The summed E-state index contributed by atoms with van der Waals surface area (Å²) in [5.41, 5.74) is 3.19. The van der Waals surface area contributed by atoms with Crippen molar-refractivity contribution in [3.8, 4) is 0 Å². The summed E-state index contributed by atoms with van der Waals surface area (Å²) in [6, 6.07) is 18.8. The van der Waals surface area contributed by atoms with Gasteiger partial charge in [0.15, 0.2) is 5.16 Å². The number of nitrogens with one attached hydrogen (secondary N) is 3. The highest BCUT2D eigenvalue weighted by Gasteiger charge is 2.18. The van der Waals surface area contributed by atoms with Crippen molar-refractivity contribution in [1.29, 1.82) is 0 Å². The van der Waals surface area contributed by atoms with E-state index in [0.717, 1.165) is 28.4 Å². The van der Waals surface area contributed by atoms with Crippen LogP contribution in [-0.4, -0.2) is 36.4 Å². The second-order valence-electron chi connectivity index (χ2n) is 7.24. The van der Waals surface area contributed by atoms with Crippen molar-refractivity contribution in [2.45, 2.75) is 21.9 Å². The Bertz CT molecular complexity index is 1370. The van der Waals surface area contributed by atoms with Crippen LogP contribution in [0.3, 0.4) is 0 Å². The predicted molar refractivity (Wildman–Crippen MR) is 128 cm³/mol. The topological polar surface area (TPSA) is 130 Å². The Hall–Kier alpha value is -3.41. The molecule has 4 rings (SSSR count). The third-order valence-electron chi connectivity index (χ3n) is 4.81. The molecule has 0 spiro atoms. The van der Waals surface area contributed by atoms with Gasteiger partial charge in [-0.2, -0.15) is 0 Å². The fraction of sp³-hybridized carbons (Fsp3) is 0.136. The molecule has 0 fully saturated rings. The molecular formula is C22H21N5O4S2. The van der Waals surface area contributed by atoms with Gasteiger partial charge >= 0.3 is 0 Å². The number of aromatic nitrogens is 2. The number of nitro benzene ring substituents is 1. The van der Waals surface area contributed by atoms with Gasteiger partial charge in [0, 0.05) is 24.8 Å². The molecule has 0 radical (unpaired) electrons. The number of hydrogen-bond acceptors (Lipinski definition) is 7. The third-order valence-corrected chi connectivity index (χ3v) is 7.22. The minimum absolute atomic E-state index is 0.0360. The molecule has 3 N–H and O–H groups in total. The summed E-state index contributed by atoms with van der Waals surface area (Å²) in [5.74, 6) is 0. The molecule has 1 aromatic heterocycles. The van der Waals surface area contributed by atoms with E-state index in [2.05, 4.69) is 20.0 Å². The van der Waals surface area contributed by atoms with E-state index in [9.17, 15) is 18.5 Å². The minimum Gasteiger partial charge on any atom is -0.384 e. The van der Waals surface area contributed by atoms with Crippen molar-refractivity contribution in [1.82, 2.24) is 14.7 Å². The largest absolute Gasteiger partial charge is 0.384 e. The number of anilines is 1. The summed E-state index contributed by atoms with van der Waals surface area (Å²) in [6.07, 6.45) is 0. The second-order valence-corrected chi connectivity index (χ2v) is 10.0. The monoisotopic (exact) mass is 483 g/mol. The van der Waals surface area contributed by atoms with Gasteiger partial charge in [0.2, 0.25) is 10.0 Å². The van der Waals surface area contributed by atoms with Gasteiger partial charge in [0.25, 0.3) is 5.69 Å². The summed E-state index contributed by atoms with van der Waals surface area (Å²) in [5, 5.41) is 15.1. The number of fused-ring (bicyclic) bond motifs is 1. The smallest absolute Gasteiger partial charge is 0.283 e. The molecule has 0 saturated carbocycles. The lowest BCUT2D eigenvalue weighted by Gasteiger charge is -2.10. The molecule has 0 atom stereocenters. The van der Waals surface area contributed by atoms with Crippen LogP contribution >= 0.6 is 11.8 Å². The molecular weight excluding hydrogens is 462 g/mol. The van der Waals surface area contributed by atoms with E-state index in [-0.39, 0.29) is 17.1 Å². The third kappa shape index (κ3) is 5.51. The van der Waals surface area contributed by atoms with Gasteiger partial charge in [-0.05, 0) is 55.1 Å². The first-order valence-corrected chi connectivity index (χ1v) is 12.3. The molecule has 0 aliphatic heterocycles. The van der Waals surface area contributed by atoms with Crippen molar-refractivity contribution >= 4 is 44.2 Å². The first-order chi connectivity index (χ1) is 15.8. The Morgan fingerprint density at radius 2 is 1.82 bits per heavy atom. The molecule has 3 aromatic carbocycles. The van der Waals surface area contributed by atoms with Gasteiger partial charge in [-0.25, -0.2) is 18.1 Å². The number of aromatic amines is 1. The highest BCUT2D eigenvalue weighted by Crippen LogP contribution is 2.36. The van der Waals surface area contributed by atoms with E-state index >= 15 is 0 Å². The number of hydrogen-bond donors (Lipinski definition) is 3. The summed E-state index contributed by atoms with van der Waals surface area (Å²) < 4.78 is 27.3. The highest BCUT2D eigenvalue weighted by molar-refractivity contribution is 7.99. The highest BCUT2D eigenvalue weighted by atomic mass is 32.2. The van der Waals surface area contributed by atoms with E-state index < -0.39 is 14.9 Å². The van der Waals surface area contributed by atoms with Crippen LogP contribution in [0.25, 0.3) is 11.0 Å². The Morgan fingerprint density at radius 3 is 2.55 bits per heavy atom. The zero-order chi connectivity index (χ0) is 23.4. The Balaban J connectivity index is 1.43. The summed E-state index contributed by atoms with van der Waals surface area (Å²) in [7, 11) is -3.61. The lowest BCUT2D eigenvalue weighted by Crippen LogP contribution is -2.28. The molecule has 0 bridgehead atoms. The summed E-state index contributed by atoms with van der Waals surface area (Å²) in [6.45, 7) is 2.34. The number of rotatable bonds is 9. The van der Waals surface area contributed by atoms with Gasteiger partial charge in [0.05, 0.1) is 25.7 Å². The number of nitro groups is 1. The maximum atomic E-state index is 12.4. The van der Waals surface area contributed by atoms with Crippen LogP contribution in [-0.2, 0) is 10.0 Å². The van der Waals surface area contributed by atoms with E-state index in [1.807, 2.05) is 31.2 Å². The molecule has 11 heteroatoms. The van der Waals surface area contributed by atoms with Gasteiger partial charge < -0.3 is 10.3 Å².